The van der Waals surface area contributed by atoms with Crippen LogP contribution in [0.1, 0.15) is 11.1 Å². The van der Waals surface area contributed by atoms with Gasteiger partial charge in [-0.2, -0.15) is 0 Å². The molecule has 2 heterocycles. The molecule has 7 nitrogen and oxygen atoms in total. The van der Waals surface area contributed by atoms with Crippen LogP contribution in [-0.2, 0) is 9.53 Å². The third kappa shape index (κ3) is 2.95. The van der Waals surface area contributed by atoms with E-state index in [1.165, 1.54) is 18.2 Å². The molecule has 0 aliphatic carbocycles. The predicted octanol–water partition coefficient (Wildman–Crippen LogP) is 4.07. The summed E-state index contributed by atoms with van der Waals surface area (Å²) in [5.74, 6) is 0.511. The van der Waals surface area contributed by atoms with Crippen LogP contribution in [0.3, 0.4) is 0 Å². The topological polar surface area (TPSA) is 87.9 Å². The molecule has 0 aromatic heterocycles. The normalized spacial score (nSPS) is 16.6. The van der Waals surface area contributed by atoms with Gasteiger partial charge in [-0.05, 0) is 30.4 Å². The SMILES string of the molecule is O=C1OC(c2ccc(Br)cc2)=C/C1=C\c1cc2c(cc1[N+](=O)[O-])OCO2. The maximum atomic E-state index is 12.2. The zero-order valence-corrected chi connectivity index (χ0v) is 14.7. The molecule has 0 saturated heterocycles. The van der Waals surface area contributed by atoms with Crippen LogP contribution in [0, 0.1) is 10.1 Å². The lowest BCUT2D eigenvalue weighted by atomic mass is 10.1. The number of benzene rings is 2. The molecular weight excluding hydrogens is 406 g/mol. The van der Waals surface area contributed by atoms with Crippen molar-refractivity contribution in [3.63, 3.8) is 0 Å². The zero-order valence-electron chi connectivity index (χ0n) is 13.1. The van der Waals surface area contributed by atoms with Gasteiger partial charge in [0.2, 0.25) is 6.79 Å². The first-order chi connectivity index (χ1) is 12.5. The molecule has 0 unspecified atom stereocenters. The Kier molecular flexibility index (Phi) is 3.96. The van der Waals surface area contributed by atoms with Gasteiger partial charge in [0.25, 0.3) is 5.69 Å². The van der Waals surface area contributed by atoms with Crippen molar-refractivity contribution in [2.24, 2.45) is 0 Å². The number of nitro groups is 1. The van der Waals surface area contributed by atoms with Gasteiger partial charge in [-0.15, -0.1) is 0 Å². The first kappa shape index (κ1) is 16.3. The van der Waals surface area contributed by atoms with Crippen molar-refractivity contribution in [2.45, 2.75) is 0 Å². The summed E-state index contributed by atoms with van der Waals surface area (Å²) < 4.78 is 16.6. The Morgan fingerprint density at radius 2 is 1.81 bits per heavy atom. The number of rotatable bonds is 3. The van der Waals surface area contributed by atoms with Crippen molar-refractivity contribution < 1.29 is 23.9 Å². The molecule has 0 fully saturated rings. The summed E-state index contributed by atoms with van der Waals surface area (Å²) in [7, 11) is 0. The average molecular weight is 416 g/mol. The maximum Gasteiger partial charge on any atom is 0.343 e. The third-order valence-corrected chi connectivity index (χ3v) is 4.41. The van der Waals surface area contributed by atoms with Crippen LogP contribution in [0.15, 0.2) is 52.5 Å². The van der Waals surface area contributed by atoms with Crippen LogP contribution >= 0.6 is 15.9 Å². The van der Waals surface area contributed by atoms with Crippen molar-refractivity contribution in [2.75, 3.05) is 6.79 Å². The van der Waals surface area contributed by atoms with Gasteiger partial charge < -0.3 is 14.2 Å². The van der Waals surface area contributed by atoms with Crippen LogP contribution in [0.25, 0.3) is 11.8 Å². The van der Waals surface area contributed by atoms with Crippen molar-refractivity contribution in [3.05, 3.63) is 73.8 Å². The smallest absolute Gasteiger partial charge is 0.343 e. The summed E-state index contributed by atoms with van der Waals surface area (Å²) in [5, 5.41) is 11.3. The van der Waals surface area contributed by atoms with Gasteiger partial charge in [0.1, 0.15) is 5.76 Å². The Hall–Kier alpha value is -3.13. The largest absolute Gasteiger partial charge is 0.454 e. The number of nitrogens with zero attached hydrogens (tertiary/aromatic N) is 1. The number of halogens is 1. The number of carbonyl (C=O) groups is 1. The molecule has 0 bridgehead atoms. The fourth-order valence-electron chi connectivity index (χ4n) is 2.63. The van der Waals surface area contributed by atoms with E-state index in [-0.39, 0.29) is 23.6 Å². The summed E-state index contributed by atoms with van der Waals surface area (Å²) in [5.41, 5.74) is 0.995. The number of nitro benzene ring substituents is 1. The van der Waals surface area contributed by atoms with Gasteiger partial charge in [-0.25, -0.2) is 4.79 Å². The molecule has 2 aromatic rings. The average Bonchev–Trinajstić information content (AvgIpc) is 3.21. The lowest BCUT2D eigenvalue weighted by molar-refractivity contribution is -0.385. The van der Waals surface area contributed by atoms with Gasteiger partial charge in [-0.1, -0.05) is 28.1 Å². The fraction of sp³-hybridized carbons (Fsp3) is 0.0556. The monoisotopic (exact) mass is 415 g/mol. The van der Waals surface area contributed by atoms with E-state index >= 15 is 0 Å². The number of hydrogen-bond donors (Lipinski definition) is 0. The molecule has 0 radical (unpaired) electrons. The molecule has 8 heteroatoms. The minimum Gasteiger partial charge on any atom is -0.454 e. The number of ether oxygens (including phenoxy) is 3. The molecule has 0 saturated carbocycles. The van der Waals surface area contributed by atoms with E-state index in [1.54, 1.807) is 18.2 Å². The van der Waals surface area contributed by atoms with Crippen molar-refractivity contribution in [1.82, 2.24) is 0 Å². The summed E-state index contributed by atoms with van der Waals surface area (Å²) in [6.45, 7) is 0.00215. The fourth-order valence-corrected chi connectivity index (χ4v) is 2.90. The Bertz CT molecular complexity index is 993. The molecule has 0 atom stereocenters. The van der Waals surface area contributed by atoms with Crippen LogP contribution in [0.4, 0.5) is 5.69 Å². The minimum atomic E-state index is -0.574. The molecule has 130 valence electrons. The van der Waals surface area contributed by atoms with Gasteiger partial charge in [0.05, 0.1) is 22.1 Å². The van der Waals surface area contributed by atoms with Gasteiger partial charge in [0, 0.05) is 10.0 Å². The number of carbonyl (C=O) groups excluding carboxylic acids is 1. The van der Waals surface area contributed by atoms with Gasteiger partial charge >= 0.3 is 5.97 Å². The quantitative estimate of drug-likeness (QED) is 0.325. The number of cyclic esters (lactones) is 1. The van der Waals surface area contributed by atoms with E-state index in [4.69, 9.17) is 14.2 Å². The molecular formula is C18H10BrNO6. The van der Waals surface area contributed by atoms with E-state index < -0.39 is 10.9 Å². The van der Waals surface area contributed by atoms with Crippen molar-refractivity contribution in [1.29, 1.82) is 0 Å². The second-order valence-electron chi connectivity index (χ2n) is 5.53. The summed E-state index contributed by atoms with van der Waals surface area (Å²) in [6.07, 6.45) is 2.97. The Labute approximate surface area is 155 Å². The number of esters is 1. The molecule has 0 amide bonds. The van der Waals surface area contributed by atoms with Gasteiger partial charge in [0.15, 0.2) is 11.5 Å². The maximum absolute atomic E-state index is 12.2. The van der Waals surface area contributed by atoms with E-state index in [0.717, 1.165) is 10.0 Å². The summed E-state index contributed by atoms with van der Waals surface area (Å²) in [4.78, 5) is 23.0. The highest BCUT2D eigenvalue weighted by atomic mass is 79.9. The molecule has 26 heavy (non-hydrogen) atoms. The van der Waals surface area contributed by atoms with E-state index in [2.05, 4.69) is 15.9 Å². The van der Waals surface area contributed by atoms with Gasteiger partial charge in [-0.3, -0.25) is 10.1 Å². The first-order valence-electron chi connectivity index (χ1n) is 7.51. The summed E-state index contributed by atoms with van der Waals surface area (Å²) >= 11 is 3.34. The molecule has 0 N–H and O–H groups in total. The molecule has 2 aromatic carbocycles. The third-order valence-electron chi connectivity index (χ3n) is 3.88. The Morgan fingerprint density at radius 1 is 1.12 bits per heavy atom. The minimum absolute atomic E-state index is 0.00215. The highest BCUT2D eigenvalue weighted by molar-refractivity contribution is 9.10. The van der Waals surface area contributed by atoms with Crippen molar-refractivity contribution >= 4 is 39.4 Å². The Balaban J connectivity index is 1.75. The number of hydrogen-bond acceptors (Lipinski definition) is 6. The second kappa shape index (κ2) is 6.30. The standard InChI is InChI=1S/C18H10BrNO6/c19-13-3-1-10(2-4-13)15-7-12(18(21)26-15)5-11-6-16-17(25-9-24-16)8-14(11)20(22)23/h1-8H,9H2/b12-5+. The molecule has 2 aliphatic heterocycles. The predicted molar refractivity (Wildman–Crippen MR) is 95.4 cm³/mol. The van der Waals surface area contributed by atoms with Crippen LogP contribution < -0.4 is 9.47 Å². The molecule has 4 rings (SSSR count). The van der Waals surface area contributed by atoms with Crippen LogP contribution in [0.2, 0.25) is 0 Å². The lowest BCUT2D eigenvalue weighted by Gasteiger charge is -2.02. The molecule has 0 spiro atoms. The van der Waals surface area contributed by atoms with E-state index in [1.807, 2.05) is 12.1 Å². The number of fused-ring (bicyclic) bond motifs is 1. The second-order valence-corrected chi connectivity index (χ2v) is 6.44. The molecule has 2 aliphatic rings. The van der Waals surface area contributed by atoms with E-state index in [0.29, 0.717) is 17.3 Å². The highest BCUT2D eigenvalue weighted by Gasteiger charge is 2.26. The summed E-state index contributed by atoms with van der Waals surface area (Å²) in [6, 6.07) is 10.0. The van der Waals surface area contributed by atoms with E-state index in [9.17, 15) is 14.9 Å². The van der Waals surface area contributed by atoms with Crippen LogP contribution in [0.5, 0.6) is 11.5 Å². The Morgan fingerprint density at radius 3 is 2.50 bits per heavy atom. The van der Waals surface area contributed by atoms with Crippen molar-refractivity contribution in [3.8, 4) is 11.5 Å². The highest BCUT2D eigenvalue weighted by Crippen LogP contribution is 2.39. The first-order valence-corrected chi connectivity index (χ1v) is 8.30. The lowest BCUT2D eigenvalue weighted by Crippen LogP contribution is -1.98. The zero-order chi connectivity index (χ0) is 18.3. The van der Waals surface area contributed by atoms with Crippen LogP contribution in [-0.4, -0.2) is 17.7 Å².